The molecule has 1 unspecified atom stereocenters. The molecular weight excluding hydrogens is 236 g/mol. The molecule has 5 fully saturated rings. The summed E-state index contributed by atoms with van der Waals surface area (Å²) in [5.41, 5.74) is 7.23. The molecular formula is C16H28N2O. The maximum Gasteiger partial charge on any atom is 0.0594 e. The highest BCUT2D eigenvalue weighted by atomic mass is 16.5. The van der Waals surface area contributed by atoms with Gasteiger partial charge in [-0.1, -0.05) is 0 Å². The van der Waals surface area contributed by atoms with Gasteiger partial charge in [0, 0.05) is 25.7 Å². The Hall–Kier alpha value is -0.120. The van der Waals surface area contributed by atoms with Crippen LogP contribution in [-0.2, 0) is 4.74 Å². The van der Waals surface area contributed by atoms with Gasteiger partial charge >= 0.3 is 0 Å². The van der Waals surface area contributed by atoms with Crippen molar-refractivity contribution in [1.29, 1.82) is 0 Å². The van der Waals surface area contributed by atoms with Crippen LogP contribution in [0.3, 0.4) is 0 Å². The van der Waals surface area contributed by atoms with E-state index in [9.17, 15) is 0 Å². The molecule has 0 spiro atoms. The lowest BCUT2D eigenvalue weighted by molar-refractivity contribution is -0.0753. The van der Waals surface area contributed by atoms with Gasteiger partial charge in [-0.2, -0.15) is 0 Å². The van der Waals surface area contributed by atoms with Crippen LogP contribution in [0.1, 0.15) is 38.5 Å². The Balaban J connectivity index is 1.45. The van der Waals surface area contributed by atoms with Gasteiger partial charge in [0.05, 0.1) is 13.2 Å². The van der Waals surface area contributed by atoms with E-state index in [0.717, 1.165) is 50.6 Å². The molecule has 3 nitrogen and oxygen atoms in total. The first-order chi connectivity index (χ1) is 9.23. The van der Waals surface area contributed by atoms with Crippen molar-refractivity contribution in [3.05, 3.63) is 0 Å². The number of nitrogens with two attached hydrogens (primary N) is 1. The fraction of sp³-hybridized carbons (Fsp3) is 1.00. The summed E-state index contributed by atoms with van der Waals surface area (Å²) in [7, 11) is 0. The van der Waals surface area contributed by atoms with E-state index in [1.54, 1.807) is 0 Å². The summed E-state index contributed by atoms with van der Waals surface area (Å²) in [5.74, 6) is 3.05. The van der Waals surface area contributed by atoms with Crippen molar-refractivity contribution < 1.29 is 4.74 Å². The van der Waals surface area contributed by atoms with Gasteiger partial charge < -0.3 is 10.5 Å². The van der Waals surface area contributed by atoms with Gasteiger partial charge in [-0.05, 0) is 61.7 Å². The van der Waals surface area contributed by atoms with Crippen molar-refractivity contribution in [3.8, 4) is 0 Å². The Morgan fingerprint density at radius 1 is 1.00 bits per heavy atom. The first-order valence-electron chi connectivity index (χ1n) is 8.29. The van der Waals surface area contributed by atoms with Crippen LogP contribution in [0.4, 0.5) is 0 Å². The number of morpholine rings is 1. The molecule has 5 aliphatic rings. The Bertz CT molecular complexity index is 302. The zero-order valence-corrected chi connectivity index (χ0v) is 12.0. The Morgan fingerprint density at radius 2 is 1.53 bits per heavy atom. The molecule has 0 aromatic heterocycles. The minimum absolute atomic E-state index is 0.402. The molecule has 2 N–H and O–H groups in total. The first kappa shape index (κ1) is 12.6. The van der Waals surface area contributed by atoms with Gasteiger partial charge in [0.1, 0.15) is 0 Å². The third kappa shape index (κ3) is 2.24. The molecule has 1 atom stereocenters. The molecule has 4 bridgehead atoms. The average Bonchev–Trinajstić information content (AvgIpc) is 2.38. The van der Waals surface area contributed by atoms with Crippen LogP contribution < -0.4 is 5.73 Å². The molecule has 1 heterocycles. The van der Waals surface area contributed by atoms with E-state index in [1.165, 1.54) is 38.5 Å². The van der Waals surface area contributed by atoms with Crippen molar-refractivity contribution in [1.82, 2.24) is 4.90 Å². The van der Waals surface area contributed by atoms with Crippen LogP contribution in [-0.4, -0.2) is 43.8 Å². The van der Waals surface area contributed by atoms with Gasteiger partial charge in [0.25, 0.3) is 0 Å². The van der Waals surface area contributed by atoms with Crippen LogP contribution in [0.2, 0.25) is 0 Å². The lowest BCUT2D eigenvalue weighted by Gasteiger charge is -2.59. The maximum absolute atomic E-state index is 6.72. The molecule has 4 saturated carbocycles. The predicted octanol–water partition coefficient (Wildman–Crippen LogP) is 1.86. The first-order valence-corrected chi connectivity index (χ1v) is 8.29. The lowest BCUT2D eigenvalue weighted by atomic mass is 9.48. The zero-order valence-electron chi connectivity index (χ0n) is 12.0. The summed E-state index contributed by atoms with van der Waals surface area (Å²) in [6, 6.07) is 0.402. The minimum Gasteiger partial charge on any atom is -0.379 e. The van der Waals surface area contributed by atoms with Crippen LogP contribution in [0.25, 0.3) is 0 Å². The highest BCUT2D eigenvalue weighted by Gasteiger charge is 2.53. The molecule has 1 aliphatic heterocycles. The molecule has 0 aromatic carbocycles. The normalized spacial score (nSPS) is 47.5. The van der Waals surface area contributed by atoms with Crippen molar-refractivity contribution in [3.63, 3.8) is 0 Å². The van der Waals surface area contributed by atoms with E-state index in [2.05, 4.69) is 4.90 Å². The van der Waals surface area contributed by atoms with Crippen LogP contribution in [0, 0.1) is 23.2 Å². The average molecular weight is 264 g/mol. The monoisotopic (exact) mass is 264 g/mol. The van der Waals surface area contributed by atoms with E-state index in [4.69, 9.17) is 10.5 Å². The summed E-state index contributed by atoms with van der Waals surface area (Å²) in [4.78, 5) is 2.53. The lowest BCUT2D eigenvalue weighted by Crippen LogP contribution is -2.58. The quantitative estimate of drug-likeness (QED) is 0.845. The van der Waals surface area contributed by atoms with Crippen LogP contribution >= 0.6 is 0 Å². The SMILES string of the molecule is NC(CN1CCOCC1)C12CC3CC(CC(C3)C1)C2. The Kier molecular flexibility index (Phi) is 3.13. The smallest absolute Gasteiger partial charge is 0.0594 e. The van der Waals surface area contributed by atoms with E-state index in [0.29, 0.717) is 11.5 Å². The van der Waals surface area contributed by atoms with E-state index in [1.807, 2.05) is 0 Å². The second kappa shape index (κ2) is 4.71. The largest absolute Gasteiger partial charge is 0.379 e. The molecule has 4 aliphatic carbocycles. The van der Waals surface area contributed by atoms with Crippen molar-refractivity contribution in [2.45, 2.75) is 44.6 Å². The van der Waals surface area contributed by atoms with Crippen molar-refractivity contribution >= 4 is 0 Å². The van der Waals surface area contributed by atoms with Crippen molar-refractivity contribution in [2.24, 2.45) is 28.9 Å². The van der Waals surface area contributed by atoms with Crippen molar-refractivity contribution in [2.75, 3.05) is 32.8 Å². The molecule has 19 heavy (non-hydrogen) atoms. The second-order valence-electron chi connectivity index (χ2n) is 7.80. The van der Waals surface area contributed by atoms with Gasteiger partial charge in [-0.3, -0.25) is 4.90 Å². The van der Waals surface area contributed by atoms with Gasteiger partial charge in [0.15, 0.2) is 0 Å². The van der Waals surface area contributed by atoms with Crippen LogP contribution in [0.5, 0.6) is 0 Å². The van der Waals surface area contributed by atoms with Gasteiger partial charge in [-0.25, -0.2) is 0 Å². The molecule has 0 amide bonds. The fourth-order valence-corrected chi connectivity index (χ4v) is 5.89. The summed E-state index contributed by atoms with van der Waals surface area (Å²) in [6.07, 6.45) is 8.86. The predicted molar refractivity (Wildman–Crippen MR) is 75.8 cm³/mol. The van der Waals surface area contributed by atoms with Crippen LogP contribution in [0.15, 0.2) is 0 Å². The fourth-order valence-electron chi connectivity index (χ4n) is 5.89. The van der Waals surface area contributed by atoms with Gasteiger partial charge in [-0.15, -0.1) is 0 Å². The van der Waals surface area contributed by atoms with E-state index in [-0.39, 0.29) is 0 Å². The maximum atomic E-state index is 6.72. The standard InChI is InChI=1S/C16H28N2O/c17-15(11-18-1-3-19-4-2-18)16-8-12-5-13(9-16)7-14(6-12)10-16/h12-15H,1-11,17H2. The number of ether oxygens (including phenoxy) is 1. The van der Waals surface area contributed by atoms with E-state index < -0.39 is 0 Å². The zero-order chi connectivity index (χ0) is 12.9. The molecule has 108 valence electrons. The summed E-state index contributed by atoms with van der Waals surface area (Å²) in [6.45, 7) is 5.07. The number of nitrogens with zero attached hydrogens (tertiary/aromatic N) is 1. The third-order valence-corrected chi connectivity index (χ3v) is 6.43. The third-order valence-electron chi connectivity index (χ3n) is 6.43. The molecule has 5 rings (SSSR count). The highest BCUT2D eigenvalue weighted by Crippen LogP contribution is 2.61. The highest BCUT2D eigenvalue weighted by molar-refractivity contribution is 5.06. The number of rotatable bonds is 3. The molecule has 0 radical (unpaired) electrons. The molecule has 0 aromatic rings. The Morgan fingerprint density at radius 3 is 2.05 bits per heavy atom. The number of hydrogen-bond acceptors (Lipinski definition) is 3. The summed E-state index contributed by atoms with van der Waals surface area (Å²) in [5, 5.41) is 0. The summed E-state index contributed by atoms with van der Waals surface area (Å²) >= 11 is 0. The van der Waals surface area contributed by atoms with E-state index >= 15 is 0 Å². The summed E-state index contributed by atoms with van der Waals surface area (Å²) < 4.78 is 5.45. The topological polar surface area (TPSA) is 38.5 Å². The second-order valence-corrected chi connectivity index (χ2v) is 7.80. The molecule has 1 saturated heterocycles. The van der Waals surface area contributed by atoms with Gasteiger partial charge in [0.2, 0.25) is 0 Å². The molecule has 3 heteroatoms. The number of hydrogen-bond donors (Lipinski definition) is 1. The Labute approximate surface area is 116 Å². The minimum atomic E-state index is 0.402.